The Hall–Kier alpha value is -10.9. The van der Waals surface area contributed by atoms with Gasteiger partial charge in [0.2, 0.25) is 0 Å². The van der Waals surface area contributed by atoms with Crippen LogP contribution in [0.15, 0.2) is 147 Å². The first-order valence-electron chi connectivity index (χ1n) is 31.4. The Balaban J connectivity index is 0.000000325. The van der Waals surface area contributed by atoms with Crippen LogP contribution >= 0.6 is 0 Å². The Morgan fingerprint density at radius 3 is 1.00 bits per heavy atom. The lowest BCUT2D eigenvalue weighted by atomic mass is 9.82. The molecule has 0 heterocycles. The third kappa shape index (κ3) is 24.4. The fourth-order valence-electron chi connectivity index (χ4n) is 10.6. The smallest absolute Gasteiger partial charge is 0.341 e. The number of hydrogen-bond donors (Lipinski definition) is 3. The van der Waals surface area contributed by atoms with Gasteiger partial charge in [0.15, 0.2) is 0 Å². The average molecular weight is 1340 g/mol. The Kier molecular flexibility index (Phi) is 29.8. The predicted octanol–water partition coefficient (Wildman–Crippen LogP) is 10.3. The summed E-state index contributed by atoms with van der Waals surface area (Å²) in [7, 11) is 2.38. The molecule has 0 radical (unpaired) electrons. The normalized spacial score (nSPS) is 17.6. The predicted molar refractivity (Wildman–Crippen MR) is 345 cm³/mol. The van der Waals surface area contributed by atoms with Gasteiger partial charge in [0.05, 0.1) is 69.5 Å². The molecule has 3 N–H and O–H groups in total. The van der Waals surface area contributed by atoms with Crippen molar-refractivity contribution in [2.45, 2.75) is 96.3 Å². The molecular formula is C73H78O24. The summed E-state index contributed by atoms with van der Waals surface area (Å²) in [6, 6.07) is 28.6. The maximum absolute atomic E-state index is 13.2. The van der Waals surface area contributed by atoms with Crippen LogP contribution in [0.1, 0.15) is 114 Å². The minimum atomic E-state index is -0.797. The van der Waals surface area contributed by atoms with Crippen molar-refractivity contribution in [3.63, 3.8) is 0 Å². The Labute approximate surface area is 560 Å². The number of phenols is 2. The van der Waals surface area contributed by atoms with Crippen LogP contribution < -0.4 is 23.7 Å². The number of benzene rings is 5. The van der Waals surface area contributed by atoms with Crippen molar-refractivity contribution in [2.24, 2.45) is 35.5 Å². The molecule has 0 aromatic heterocycles. The topological polar surface area (TPSA) is 341 Å². The van der Waals surface area contributed by atoms with Gasteiger partial charge in [-0.3, -0.25) is 28.8 Å². The van der Waals surface area contributed by atoms with E-state index in [1.807, 2.05) is 12.1 Å². The summed E-state index contributed by atoms with van der Waals surface area (Å²) in [4.78, 5) is 132. The van der Waals surface area contributed by atoms with E-state index in [1.165, 1.54) is 44.6 Å². The fraction of sp³-hybridized carbons (Fsp3) is 0.356. The Morgan fingerprint density at radius 1 is 0.381 bits per heavy atom. The number of aliphatic carboxylic acids is 1. The molecule has 514 valence electrons. The minimum Gasteiger partial charge on any atom is -0.508 e. The van der Waals surface area contributed by atoms with Gasteiger partial charge in [-0.15, -0.1) is 0 Å². The molecule has 97 heavy (non-hydrogen) atoms. The number of rotatable bonds is 25. The van der Waals surface area contributed by atoms with E-state index in [9.17, 15) is 52.7 Å². The molecule has 5 aromatic rings. The Bertz CT molecular complexity index is 3580. The number of hydrogen-bond acceptors (Lipinski definition) is 23. The molecule has 3 fully saturated rings. The van der Waals surface area contributed by atoms with Gasteiger partial charge in [-0.25, -0.2) is 24.0 Å². The zero-order chi connectivity index (χ0) is 70.4. The molecule has 0 amide bonds. The summed E-state index contributed by atoms with van der Waals surface area (Å²) in [5, 5.41) is 27.1. The van der Waals surface area contributed by atoms with E-state index >= 15 is 0 Å². The first-order valence-corrected chi connectivity index (χ1v) is 31.4. The van der Waals surface area contributed by atoms with Crippen molar-refractivity contribution in [1.82, 2.24) is 0 Å². The fourth-order valence-corrected chi connectivity index (χ4v) is 10.6. The molecule has 0 atom stereocenters. The molecule has 0 saturated heterocycles. The van der Waals surface area contributed by atoms with E-state index in [0.717, 1.165) is 41.0 Å². The summed E-state index contributed by atoms with van der Waals surface area (Å²) in [6.07, 6.45) is 10.2. The van der Waals surface area contributed by atoms with Gasteiger partial charge in [-0.1, -0.05) is 56.1 Å². The molecule has 3 aliphatic rings. The van der Waals surface area contributed by atoms with Crippen molar-refractivity contribution >= 4 is 65.7 Å². The highest BCUT2D eigenvalue weighted by Gasteiger charge is 2.35. The number of carboxylic acids is 1. The van der Waals surface area contributed by atoms with Crippen LogP contribution in [0, 0.1) is 35.5 Å². The van der Waals surface area contributed by atoms with E-state index in [1.54, 1.807) is 60.7 Å². The first kappa shape index (κ1) is 75.1. The lowest BCUT2D eigenvalue weighted by Gasteiger charge is -2.26. The van der Waals surface area contributed by atoms with Gasteiger partial charge < -0.3 is 62.7 Å². The molecule has 24 nitrogen and oxygen atoms in total. The van der Waals surface area contributed by atoms with E-state index in [0.29, 0.717) is 114 Å². The summed E-state index contributed by atoms with van der Waals surface area (Å²) in [5.74, 6) is -7.36. The summed E-state index contributed by atoms with van der Waals surface area (Å²) in [5.41, 5.74) is 2.61. The third-order valence-electron chi connectivity index (χ3n) is 16.2. The molecule has 0 unspecified atom stereocenters. The number of methoxy groups -OCH3 is 2. The third-order valence-corrected chi connectivity index (χ3v) is 16.2. The monoisotopic (exact) mass is 1340 g/mol. The lowest BCUT2D eigenvalue weighted by Crippen LogP contribution is -2.31. The highest BCUT2D eigenvalue weighted by molar-refractivity contribution is 5.95. The molecule has 0 spiro atoms. The molecular weight excluding hydrogens is 1260 g/mol. The second kappa shape index (κ2) is 38.5. The maximum Gasteiger partial charge on any atom is 0.341 e. The highest BCUT2D eigenvalue weighted by atomic mass is 16.6. The van der Waals surface area contributed by atoms with Crippen LogP contribution in [0.2, 0.25) is 0 Å². The second-order valence-corrected chi connectivity index (χ2v) is 22.7. The second-order valence-electron chi connectivity index (χ2n) is 22.7. The van der Waals surface area contributed by atoms with Gasteiger partial charge >= 0.3 is 65.7 Å². The molecule has 0 bridgehead atoms. The largest absolute Gasteiger partial charge is 0.508 e. The summed E-state index contributed by atoms with van der Waals surface area (Å²) < 4.78 is 52.0. The van der Waals surface area contributed by atoms with Crippen molar-refractivity contribution < 1.29 is 115 Å². The molecule has 8 rings (SSSR count). The van der Waals surface area contributed by atoms with E-state index in [-0.39, 0.29) is 77.7 Å². The van der Waals surface area contributed by atoms with E-state index < -0.39 is 77.4 Å². The minimum absolute atomic E-state index is 0.0440. The van der Waals surface area contributed by atoms with Crippen LogP contribution in [-0.4, -0.2) is 115 Å². The van der Waals surface area contributed by atoms with E-state index in [2.05, 4.69) is 24.5 Å². The lowest BCUT2D eigenvalue weighted by molar-refractivity contribution is -0.146. The van der Waals surface area contributed by atoms with Crippen LogP contribution in [0.25, 0.3) is 0 Å². The number of carbonyl (C=O) groups excluding carboxylic acids is 10. The molecule has 3 aliphatic carbocycles. The zero-order valence-corrected chi connectivity index (χ0v) is 53.9. The van der Waals surface area contributed by atoms with Gasteiger partial charge in [-0.05, 0) is 167 Å². The molecule has 24 heteroatoms. The Morgan fingerprint density at radius 2 is 0.680 bits per heavy atom. The number of carboxylic acid groups (broad SMARTS) is 1. The van der Waals surface area contributed by atoms with Crippen LogP contribution in [0.5, 0.6) is 40.2 Å². The maximum atomic E-state index is 13.2. The van der Waals surface area contributed by atoms with Crippen molar-refractivity contribution in [1.29, 1.82) is 0 Å². The number of aromatic hydroxyl groups is 2. The van der Waals surface area contributed by atoms with Crippen molar-refractivity contribution in [3.8, 4) is 40.2 Å². The number of carbonyl (C=O) groups is 11. The zero-order valence-electron chi connectivity index (χ0n) is 53.9. The molecule has 0 aliphatic heterocycles. The van der Waals surface area contributed by atoms with Gasteiger partial charge in [0.25, 0.3) is 0 Å². The van der Waals surface area contributed by atoms with Gasteiger partial charge in [-0.2, -0.15) is 0 Å². The summed E-state index contributed by atoms with van der Waals surface area (Å²) in [6.45, 7) is 10.7. The van der Waals surface area contributed by atoms with Gasteiger partial charge in [0.1, 0.15) is 51.4 Å². The highest BCUT2D eigenvalue weighted by Crippen LogP contribution is 2.36. The number of phenolic OH excluding ortho intramolecular Hbond substituents is 2. The SMILES string of the molecule is C=CC(=O)OCCc1ccc(OC(=O)C2CCC(C(=O)O)CC2)cc1.C=CC(=O)OCCc1ccc(OC(=O)C2CCC(C(=O)Oc3ccc(OC(=O)C4CCC(C(=O)Oc5ccc(CCOC(=O)C=C)cc5)CC4)c(C(=O)OC)c3)CC2)cc1.COC(=O)c1cc(O)ccc1O. The van der Waals surface area contributed by atoms with Crippen molar-refractivity contribution in [2.75, 3.05) is 34.0 Å². The first-order chi connectivity index (χ1) is 46.6. The van der Waals surface area contributed by atoms with Crippen molar-refractivity contribution in [3.05, 3.63) is 175 Å². The van der Waals surface area contributed by atoms with Crippen LogP contribution in [0.3, 0.4) is 0 Å². The summed E-state index contributed by atoms with van der Waals surface area (Å²) >= 11 is 0. The average Bonchev–Trinajstić information content (AvgIpc) is 0.843. The number of esters is 10. The quantitative estimate of drug-likeness (QED) is 0.0161. The molecule has 3 saturated carbocycles. The van der Waals surface area contributed by atoms with Crippen LogP contribution in [-0.2, 0) is 86.1 Å². The van der Waals surface area contributed by atoms with E-state index in [4.69, 9.17) is 58.0 Å². The standard InChI is InChI=1S/C46H48O14.C19H22O6.C8H8O4/c1-4-40(47)55-26-24-29-6-18-35(19-7-29)57-42(49)31-10-12-33(13-11-31)44(51)59-37-22-23-39(38(28-37)46(53)54-3)60-45(52)34-16-14-32(15-17-34)43(50)58-36-20-8-30(9-21-36)25-27-56-41(48)5-2;1-2-17(20)24-12-11-13-3-9-16(10-4-13)25-19(23)15-7-5-14(6-8-15)18(21)22;1-12-8(11)6-4-5(9)2-3-7(6)10/h4-9,18-23,28,31-34H,1-2,10-17,24-27H2,3H3;2-4,9-10,14-15H,1,5-8,11-12H2,(H,21,22);2-4,9-10H,1H3. The molecule has 5 aromatic carbocycles. The van der Waals surface area contributed by atoms with Gasteiger partial charge in [0, 0.05) is 37.5 Å². The number of ether oxygens (including phenoxy) is 10. The van der Waals surface area contributed by atoms with Crippen LogP contribution in [0.4, 0.5) is 0 Å².